The fraction of sp³-hybridized carbons (Fsp3) is 0. The first-order valence-electron chi connectivity index (χ1n) is 16.1. The average Bonchev–Trinajstić information content (AvgIpc) is 3.47. The van der Waals surface area contributed by atoms with Crippen LogP contribution >= 0.6 is 0 Å². The van der Waals surface area contributed by atoms with Crippen molar-refractivity contribution >= 4 is 86.7 Å². The molecule has 0 atom stereocenters. The quantitative estimate of drug-likeness (QED) is 0.186. The molecule has 0 radical (unpaired) electrons. The number of nitrogens with zero attached hydrogens (tertiary/aromatic N) is 3. The number of para-hydroxylation sites is 2. The molecule has 0 bridgehead atoms. The van der Waals surface area contributed by atoms with Crippen LogP contribution in [-0.2, 0) is 0 Å². The molecule has 0 amide bonds. The SMILES string of the molecule is c1ccc2c(c1)cc(-c1nc3ccccc3nc1-n1c3cccc4c5ccccc5c5c6ccccc6cc1c5c43)c1ccccc12. The van der Waals surface area contributed by atoms with Gasteiger partial charge in [-0.25, -0.2) is 9.97 Å². The third kappa shape index (κ3) is 3.30. The first-order valence-corrected chi connectivity index (χ1v) is 16.1. The highest BCUT2D eigenvalue weighted by Gasteiger charge is 2.25. The van der Waals surface area contributed by atoms with E-state index in [-0.39, 0.29) is 0 Å². The molecular weight excluding hydrogens is 571 g/mol. The summed E-state index contributed by atoms with van der Waals surface area (Å²) in [6, 6.07) is 54.6. The highest BCUT2D eigenvalue weighted by atomic mass is 15.1. The van der Waals surface area contributed by atoms with Gasteiger partial charge >= 0.3 is 0 Å². The molecule has 0 saturated carbocycles. The molecule has 2 aromatic heterocycles. The van der Waals surface area contributed by atoms with Gasteiger partial charge in [0.15, 0.2) is 5.82 Å². The molecule has 3 nitrogen and oxygen atoms in total. The zero-order valence-electron chi connectivity index (χ0n) is 25.3. The van der Waals surface area contributed by atoms with Crippen LogP contribution in [-0.4, -0.2) is 14.5 Å². The Balaban J connectivity index is 1.39. The molecule has 0 spiro atoms. The van der Waals surface area contributed by atoms with Gasteiger partial charge in [-0.2, -0.15) is 0 Å². The maximum Gasteiger partial charge on any atom is 0.165 e. The third-order valence-electron chi connectivity index (χ3n) is 10.1. The van der Waals surface area contributed by atoms with Crippen LogP contribution < -0.4 is 0 Å². The van der Waals surface area contributed by atoms with Gasteiger partial charge in [0.05, 0.1) is 22.1 Å². The van der Waals surface area contributed by atoms with Crippen LogP contribution in [0.4, 0.5) is 0 Å². The number of rotatable bonds is 2. The standard InChI is InChI=1S/C44H25N3/c1-3-14-28-26(12-1)24-35(31-17-6-5-16-30(28)31)43-44(46-37-22-10-9-21-36(37)45-43)47-38-23-11-20-34-32-18-7-8-19-33(32)40-29-15-4-2-13-27(29)25-39(47)42(40)41(34)38/h1-25H. The number of hydrogen-bond acceptors (Lipinski definition) is 2. The molecule has 0 aliphatic carbocycles. The van der Waals surface area contributed by atoms with E-state index in [9.17, 15) is 0 Å². The Morgan fingerprint density at radius 1 is 0.362 bits per heavy atom. The summed E-state index contributed by atoms with van der Waals surface area (Å²) >= 11 is 0. The first-order chi connectivity index (χ1) is 23.3. The third-order valence-corrected chi connectivity index (χ3v) is 10.1. The Kier molecular flexibility index (Phi) is 4.84. The highest BCUT2D eigenvalue weighted by molar-refractivity contribution is 6.39. The van der Waals surface area contributed by atoms with Crippen molar-refractivity contribution in [2.24, 2.45) is 0 Å². The van der Waals surface area contributed by atoms with E-state index in [1.54, 1.807) is 0 Å². The van der Waals surface area contributed by atoms with E-state index in [0.717, 1.165) is 39.1 Å². The molecule has 9 aromatic carbocycles. The van der Waals surface area contributed by atoms with Gasteiger partial charge in [-0.1, -0.05) is 121 Å². The molecule has 216 valence electrons. The zero-order chi connectivity index (χ0) is 30.6. The molecular formula is C44H25N3. The van der Waals surface area contributed by atoms with Gasteiger partial charge in [-0.3, -0.25) is 4.57 Å². The van der Waals surface area contributed by atoms with E-state index in [2.05, 4.69) is 144 Å². The Morgan fingerprint density at radius 2 is 0.915 bits per heavy atom. The second-order valence-electron chi connectivity index (χ2n) is 12.5. The van der Waals surface area contributed by atoms with E-state index >= 15 is 0 Å². The minimum Gasteiger partial charge on any atom is -0.292 e. The van der Waals surface area contributed by atoms with E-state index < -0.39 is 0 Å². The van der Waals surface area contributed by atoms with Crippen molar-refractivity contribution in [1.82, 2.24) is 14.5 Å². The van der Waals surface area contributed by atoms with E-state index in [1.807, 2.05) is 12.1 Å². The van der Waals surface area contributed by atoms with Crippen LogP contribution in [0.3, 0.4) is 0 Å². The lowest BCUT2D eigenvalue weighted by Gasteiger charge is -2.16. The number of benzene rings is 9. The van der Waals surface area contributed by atoms with Gasteiger partial charge < -0.3 is 0 Å². The Labute approximate surface area is 269 Å². The van der Waals surface area contributed by atoms with Crippen LogP contribution in [0, 0.1) is 0 Å². The second kappa shape index (κ2) is 9.12. The molecule has 0 aliphatic heterocycles. The first kappa shape index (κ1) is 24.9. The predicted molar refractivity (Wildman–Crippen MR) is 198 cm³/mol. The van der Waals surface area contributed by atoms with Gasteiger partial charge in [-0.05, 0) is 78.8 Å². The van der Waals surface area contributed by atoms with Crippen LogP contribution in [0.25, 0.3) is 104 Å². The van der Waals surface area contributed by atoms with Crippen molar-refractivity contribution in [2.45, 2.75) is 0 Å². The number of hydrogen-bond donors (Lipinski definition) is 0. The summed E-state index contributed by atoms with van der Waals surface area (Å²) in [5.41, 5.74) is 6.00. The normalized spacial score (nSPS) is 12.3. The molecule has 0 saturated heterocycles. The largest absolute Gasteiger partial charge is 0.292 e. The fourth-order valence-corrected chi connectivity index (χ4v) is 8.13. The lowest BCUT2D eigenvalue weighted by atomic mass is 9.91. The maximum atomic E-state index is 5.49. The van der Waals surface area contributed by atoms with E-state index in [1.165, 1.54) is 64.6 Å². The number of fused-ring (bicyclic) bond motifs is 9. The molecule has 11 aromatic rings. The lowest BCUT2D eigenvalue weighted by molar-refractivity contribution is 1.08. The molecule has 47 heavy (non-hydrogen) atoms. The summed E-state index contributed by atoms with van der Waals surface area (Å²) in [4.78, 5) is 10.9. The van der Waals surface area contributed by atoms with Gasteiger partial charge in [0.25, 0.3) is 0 Å². The maximum absolute atomic E-state index is 5.49. The molecule has 2 heterocycles. The van der Waals surface area contributed by atoms with E-state index in [0.29, 0.717) is 0 Å². The minimum absolute atomic E-state index is 0.841. The van der Waals surface area contributed by atoms with Crippen molar-refractivity contribution in [3.05, 3.63) is 152 Å². The van der Waals surface area contributed by atoms with Crippen molar-refractivity contribution in [1.29, 1.82) is 0 Å². The minimum atomic E-state index is 0.841. The summed E-state index contributed by atoms with van der Waals surface area (Å²) in [5, 5.41) is 14.9. The summed E-state index contributed by atoms with van der Waals surface area (Å²) in [6.45, 7) is 0. The molecule has 0 aliphatic rings. The van der Waals surface area contributed by atoms with Gasteiger partial charge in [0.2, 0.25) is 0 Å². The molecule has 11 rings (SSSR count). The summed E-state index contributed by atoms with van der Waals surface area (Å²) < 4.78 is 2.38. The second-order valence-corrected chi connectivity index (χ2v) is 12.5. The molecule has 0 N–H and O–H groups in total. The Bertz CT molecular complexity index is 3070. The number of aromatic nitrogens is 3. The van der Waals surface area contributed by atoms with Crippen molar-refractivity contribution in [3.63, 3.8) is 0 Å². The van der Waals surface area contributed by atoms with Crippen LogP contribution in [0.1, 0.15) is 0 Å². The van der Waals surface area contributed by atoms with Crippen molar-refractivity contribution in [2.75, 3.05) is 0 Å². The van der Waals surface area contributed by atoms with Crippen LogP contribution in [0.5, 0.6) is 0 Å². The summed E-state index contributed by atoms with van der Waals surface area (Å²) in [5.74, 6) is 0.841. The fourth-order valence-electron chi connectivity index (χ4n) is 8.13. The monoisotopic (exact) mass is 595 g/mol. The van der Waals surface area contributed by atoms with Crippen molar-refractivity contribution in [3.8, 4) is 17.1 Å². The zero-order valence-corrected chi connectivity index (χ0v) is 25.3. The van der Waals surface area contributed by atoms with Gasteiger partial charge in [0.1, 0.15) is 5.69 Å². The highest BCUT2D eigenvalue weighted by Crippen LogP contribution is 2.47. The predicted octanol–water partition coefficient (Wildman–Crippen LogP) is 11.6. The lowest BCUT2D eigenvalue weighted by Crippen LogP contribution is -2.04. The van der Waals surface area contributed by atoms with Gasteiger partial charge in [-0.15, -0.1) is 0 Å². The smallest absolute Gasteiger partial charge is 0.165 e. The van der Waals surface area contributed by atoms with Crippen LogP contribution in [0.2, 0.25) is 0 Å². The topological polar surface area (TPSA) is 30.7 Å². The van der Waals surface area contributed by atoms with E-state index in [4.69, 9.17) is 9.97 Å². The van der Waals surface area contributed by atoms with Crippen molar-refractivity contribution < 1.29 is 0 Å². The summed E-state index contributed by atoms with van der Waals surface area (Å²) in [7, 11) is 0. The summed E-state index contributed by atoms with van der Waals surface area (Å²) in [6.07, 6.45) is 0. The molecule has 0 unspecified atom stereocenters. The Morgan fingerprint density at radius 3 is 1.70 bits per heavy atom. The average molecular weight is 596 g/mol. The molecule has 0 fully saturated rings. The Hall–Kier alpha value is -6.32. The molecule has 3 heteroatoms. The van der Waals surface area contributed by atoms with Gasteiger partial charge in [0, 0.05) is 21.7 Å². The van der Waals surface area contributed by atoms with Crippen LogP contribution in [0.15, 0.2) is 152 Å².